The van der Waals surface area contributed by atoms with Crippen molar-refractivity contribution in [2.45, 2.75) is 32.7 Å². The van der Waals surface area contributed by atoms with Crippen molar-refractivity contribution < 1.29 is 9.26 Å². The second-order valence-corrected chi connectivity index (χ2v) is 4.62. The van der Waals surface area contributed by atoms with Crippen molar-refractivity contribution in [3.63, 3.8) is 0 Å². The van der Waals surface area contributed by atoms with Crippen molar-refractivity contribution in [3.05, 3.63) is 42.0 Å². The smallest absolute Gasteiger partial charge is 0.213 e. The fraction of sp³-hybridized carbons (Fsp3) is 0.467. The van der Waals surface area contributed by atoms with E-state index in [9.17, 15) is 0 Å². The Morgan fingerprint density at radius 2 is 2.10 bits per heavy atom. The fourth-order valence-corrected chi connectivity index (χ4v) is 1.77. The van der Waals surface area contributed by atoms with Crippen LogP contribution in [-0.2, 0) is 13.0 Å². The number of rotatable bonds is 9. The normalized spacial score (nSPS) is 10.7. The second kappa shape index (κ2) is 8.32. The molecule has 0 unspecified atom stereocenters. The molecule has 0 aliphatic rings. The molecule has 1 aromatic carbocycles. The Labute approximate surface area is 119 Å². The lowest BCUT2D eigenvalue weighted by Crippen LogP contribution is -2.17. The zero-order valence-corrected chi connectivity index (χ0v) is 11.8. The Balaban J connectivity index is 1.65. The first-order valence-corrected chi connectivity index (χ1v) is 7.06. The SMILES string of the molecule is CCCCOc1ccc(CNCCc2ncon2)cc1. The monoisotopic (exact) mass is 275 g/mol. The Morgan fingerprint density at radius 1 is 1.25 bits per heavy atom. The number of aromatic nitrogens is 2. The molecule has 2 aromatic rings. The van der Waals surface area contributed by atoms with Crippen LogP contribution in [0.1, 0.15) is 31.2 Å². The zero-order chi connectivity index (χ0) is 14.0. The quantitative estimate of drug-likeness (QED) is 0.713. The molecule has 2 rings (SSSR count). The molecule has 108 valence electrons. The van der Waals surface area contributed by atoms with Crippen molar-refractivity contribution in [1.29, 1.82) is 0 Å². The van der Waals surface area contributed by atoms with Crippen LogP contribution in [0.4, 0.5) is 0 Å². The summed E-state index contributed by atoms with van der Waals surface area (Å²) >= 11 is 0. The summed E-state index contributed by atoms with van der Waals surface area (Å²) in [6.07, 6.45) is 4.38. The summed E-state index contributed by atoms with van der Waals surface area (Å²) in [5.41, 5.74) is 1.24. The van der Waals surface area contributed by atoms with Gasteiger partial charge in [0.1, 0.15) is 5.75 Å². The van der Waals surface area contributed by atoms with Gasteiger partial charge in [-0.25, -0.2) is 0 Å². The van der Waals surface area contributed by atoms with Crippen LogP contribution in [0.5, 0.6) is 5.75 Å². The largest absolute Gasteiger partial charge is 0.494 e. The first kappa shape index (κ1) is 14.5. The van der Waals surface area contributed by atoms with Crippen LogP contribution in [0, 0.1) is 0 Å². The molecule has 5 heteroatoms. The van der Waals surface area contributed by atoms with Gasteiger partial charge in [0.2, 0.25) is 6.39 Å². The van der Waals surface area contributed by atoms with Gasteiger partial charge in [0, 0.05) is 19.5 Å². The highest BCUT2D eigenvalue weighted by Gasteiger charge is 1.99. The van der Waals surface area contributed by atoms with Crippen LogP contribution < -0.4 is 10.1 Å². The summed E-state index contributed by atoms with van der Waals surface area (Å²) in [5.74, 6) is 1.67. The summed E-state index contributed by atoms with van der Waals surface area (Å²) < 4.78 is 10.3. The molecule has 0 aliphatic heterocycles. The molecule has 0 aliphatic carbocycles. The molecular weight excluding hydrogens is 254 g/mol. The molecule has 1 aromatic heterocycles. The molecule has 1 N–H and O–H groups in total. The average Bonchev–Trinajstić information content (AvgIpc) is 2.99. The zero-order valence-electron chi connectivity index (χ0n) is 11.8. The fourth-order valence-electron chi connectivity index (χ4n) is 1.77. The topological polar surface area (TPSA) is 60.2 Å². The predicted octanol–water partition coefficient (Wildman–Crippen LogP) is 2.58. The van der Waals surface area contributed by atoms with Crippen LogP contribution >= 0.6 is 0 Å². The van der Waals surface area contributed by atoms with E-state index < -0.39 is 0 Å². The van der Waals surface area contributed by atoms with Gasteiger partial charge in [-0.05, 0) is 24.1 Å². The second-order valence-electron chi connectivity index (χ2n) is 4.62. The maximum atomic E-state index is 5.63. The van der Waals surface area contributed by atoms with Crippen LogP contribution in [0.2, 0.25) is 0 Å². The Kier molecular flexibility index (Phi) is 6.05. The summed E-state index contributed by atoms with van der Waals surface area (Å²) in [6, 6.07) is 8.21. The number of hydrogen-bond acceptors (Lipinski definition) is 5. The van der Waals surface area contributed by atoms with Gasteiger partial charge in [0.05, 0.1) is 6.61 Å². The Morgan fingerprint density at radius 3 is 2.80 bits per heavy atom. The van der Waals surface area contributed by atoms with Gasteiger partial charge in [-0.2, -0.15) is 4.98 Å². The molecule has 1 heterocycles. The van der Waals surface area contributed by atoms with Gasteiger partial charge < -0.3 is 14.6 Å². The third kappa shape index (κ3) is 5.01. The van der Waals surface area contributed by atoms with Crippen molar-refractivity contribution in [2.24, 2.45) is 0 Å². The first-order valence-electron chi connectivity index (χ1n) is 7.06. The molecule has 0 spiro atoms. The molecular formula is C15H21N3O2. The molecule has 0 radical (unpaired) electrons. The number of nitrogens with one attached hydrogen (secondary N) is 1. The summed E-state index contributed by atoms with van der Waals surface area (Å²) in [7, 11) is 0. The van der Waals surface area contributed by atoms with Gasteiger partial charge in [-0.1, -0.05) is 30.6 Å². The van der Waals surface area contributed by atoms with Crippen molar-refractivity contribution in [3.8, 4) is 5.75 Å². The van der Waals surface area contributed by atoms with E-state index in [2.05, 4.69) is 39.0 Å². The number of hydrogen-bond donors (Lipinski definition) is 1. The van der Waals surface area contributed by atoms with Gasteiger partial charge in [0.15, 0.2) is 5.82 Å². The number of nitrogens with zero attached hydrogens (tertiary/aromatic N) is 2. The van der Waals surface area contributed by atoms with E-state index in [1.165, 1.54) is 12.0 Å². The lowest BCUT2D eigenvalue weighted by molar-refractivity contribution is 0.309. The van der Waals surface area contributed by atoms with Crippen LogP contribution in [0.15, 0.2) is 35.2 Å². The summed E-state index contributed by atoms with van der Waals surface area (Å²) in [5, 5.41) is 7.11. The lowest BCUT2D eigenvalue weighted by Gasteiger charge is -2.07. The highest BCUT2D eigenvalue weighted by Crippen LogP contribution is 2.12. The van der Waals surface area contributed by atoms with E-state index in [1.807, 2.05) is 12.1 Å². The molecule has 20 heavy (non-hydrogen) atoms. The molecule has 0 saturated carbocycles. The minimum atomic E-state index is 0.733. The molecule has 0 saturated heterocycles. The molecule has 0 bridgehead atoms. The molecule has 0 amide bonds. The number of benzene rings is 1. The van der Waals surface area contributed by atoms with Gasteiger partial charge in [-0.3, -0.25) is 0 Å². The van der Waals surface area contributed by atoms with Crippen LogP contribution in [0.25, 0.3) is 0 Å². The van der Waals surface area contributed by atoms with Gasteiger partial charge >= 0.3 is 0 Å². The lowest BCUT2D eigenvalue weighted by atomic mass is 10.2. The maximum absolute atomic E-state index is 5.63. The number of unbranched alkanes of at least 4 members (excludes halogenated alkanes) is 1. The predicted molar refractivity (Wildman–Crippen MR) is 76.6 cm³/mol. The van der Waals surface area contributed by atoms with Gasteiger partial charge in [-0.15, -0.1) is 0 Å². The van der Waals surface area contributed by atoms with E-state index in [4.69, 9.17) is 4.74 Å². The summed E-state index contributed by atoms with van der Waals surface area (Å²) in [6.45, 7) is 4.60. The highest BCUT2D eigenvalue weighted by molar-refractivity contribution is 5.27. The van der Waals surface area contributed by atoms with Crippen LogP contribution in [-0.4, -0.2) is 23.3 Å². The van der Waals surface area contributed by atoms with Crippen molar-refractivity contribution >= 4 is 0 Å². The molecule has 0 atom stereocenters. The average molecular weight is 275 g/mol. The Hall–Kier alpha value is -1.88. The minimum Gasteiger partial charge on any atom is -0.494 e. The summed E-state index contributed by atoms with van der Waals surface area (Å²) in [4.78, 5) is 3.97. The van der Waals surface area contributed by atoms with Crippen LogP contribution in [0.3, 0.4) is 0 Å². The van der Waals surface area contributed by atoms with Gasteiger partial charge in [0.25, 0.3) is 0 Å². The maximum Gasteiger partial charge on any atom is 0.213 e. The van der Waals surface area contributed by atoms with E-state index in [-0.39, 0.29) is 0 Å². The number of ether oxygens (including phenoxy) is 1. The van der Waals surface area contributed by atoms with E-state index in [0.29, 0.717) is 0 Å². The third-order valence-electron chi connectivity index (χ3n) is 2.95. The minimum absolute atomic E-state index is 0.733. The highest BCUT2D eigenvalue weighted by atomic mass is 16.5. The van der Waals surface area contributed by atoms with Crippen molar-refractivity contribution in [1.82, 2.24) is 15.5 Å². The van der Waals surface area contributed by atoms with Crippen molar-refractivity contribution in [2.75, 3.05) is 13.2 Å². The third-order valence-corrected chi connectivity index (χ3v) is 2.95. The van der Waals surface area contributed by atoms with E-state index in [0.717, 1.165) is 50.5 Å². The van der Waals surface area contributed by atoms with E-state index >= 15 is 0 Å². The Bertz CT molecular complexity index is 468. The molecule has 5 nitrogen and oxygen atoms in total. The standard InChI is InChI=1S/C15H21N3O2/c1-2-3-10-19-14-6-4-13(5-7-14)11-16-9-8-15-17-12-20-18-15/h4-7,12,16H,2-3,8-11H2,1H3. The van der Waals surface area contributed by atoms with E-state index in [1.54, 1.807) is 0 Å². The first-order chi connectivity index (χ1) is 9.88. The molecule has 0 fully saturated rings.